The molecule has 42 heteroatoms. The van der Waals surface area contributed by atoms with Crippen LogP contribution in [-0.4, -0.2) is 236 Å². The minimum absolute atomic E-state index is 0.0532. The van der Waals surface area contributed by atoms with Crippen LogP contribution in [0.4, 0.5) is 91.7 Å². The van der Waals surface area contributed by atoms with Gasteiger partial charge in [-0.05, 0) is 161 Å². The molecule has 0 bridgehead atoms. The van der Waals surface area contributed by atoms with Crippen molar-refractivity contribution in [1.82, 2.24) is 60.1 Å². The first-order valence-electron chi connectivity index (χ1n) is 35.9. The molecule has 5 aliphatic rings. The highest BCUT2D eigenvalue weighted by Crippen LogP contribution is 2.39. The number of amides is 5. The van der Waals surface area contributed by atoms with Gasteiger partial charge in [-0.25, -0.2) is 70.3 Å². The van der Waals surface area contributed by atoms with Crippen molar-refractivity contribution in [2.45, 2.75) is 190 Å². The average molecular weight is 1670 g/mol. The molecule has 10 rings (SSSR count). The van der Waals surface area contributed by atoms with E-state index in [1.807, 2.05) is 40.4 Å². The molecule has 5 amide bonds. The van der Waals surface area contributed by atoms with Gasteiger partial charge in [-0.15, -0.1) is 4.90 Å². The summed E-state index contributed by atoms with van der Waals surface area (Å²) >= 11 is 9.13. The number of benzene rings is 1. The lowest BCUT2D eigenvalue weighted by Crippen LogP contribution is -2.50. The van der Waals surface area contributed by atoms with E-state index in [2.05, 4.69) is 71.1 Å². The van der Waals surface area contributed by atoms with Crippen LogP contribution in [0.1, 0.15) is 168 Å². The Morgan fingerprint density at radius 1 is 0.527 bits per heavy atom. The zero-order valence-electron chi connectivity index (χ0n) is 66.4. The molecule has 5 saturated heterocycles. The van der Waals surface area contributed by atoms with Crippen LogP contribution in [0.5, 0.6) is 0 Å². The van der Waals surface area contributed by atoms with Gasteiger partial charge in [-0.3, -0.25) is 0 Å². The number of alkyl halides is 6. The first kappa shape index (κ1) is 90.6. The largest absolute Gasteiger partial charge is 0.498 e. The van der Waals surface area contributed by atoms with E-state index in [1.165, 1.54) is 18.3 Å². The number of hydrogen-bond donors (Lipinski definition) is 2. The van der Waals surface area contributed by atoms with Gasteiger partial charge in [-0.2, -0.15) is 34.8 Å². The van der Waals surface area contributed by atoms with Gasteiger partial charge in [0.15, 0.2) is 5.82 Å². The summed E-state index contributed by atoms with van der Waals surface area (Å²) in [5.41, 5.74) is -1.99. The van der Waals surface area contributed by atoms with Crippen LogP contribution in [0, 0.1) is 0 Å². The summed E-state index contributed by atoms with van der Waals surface area (Å²) in [5.74, 6) is 1.26. The summed E-state index contributed by atoms with van der Waals surface area (Å²) in [7, 11) is -1.16. The van der Waals surface area contributed by atoms with E-state index in [9.17, 15) is 50.3 Å². The van der Waals surface area contributed by atoms with Crippen LogP contribution in [0.3, 0.4) is 0 Å². The number of nitrogens with zero attached hydrogens (tertiary/aromatic N) is 17. The number of ether oxygens (including phenoxy) is 7. The number of anilines is 7. The van der Waals surface area contributed by atoms with Crippen molar-refractivity contribution < 1.29 is 92.8 Å². The Hall–Kier alpha value is -8.64. The fourth-order valence-corrected chi connectivity index (χ4v) is 10.9. The van der Waals surface area contributed by atoms with Gasteiger partial charge in [-0.1, -0.05) is 15.9 Å². The number of nitrogens with one attached hydrogen (secondary N) is 1. The molecule has 5 aliphatic heterocycles. The van der Waals surface area contributed by atoms with Crippen molar-refractivity contribution >= 4 is 112 Å². The van der Waals surface area contributed by atoms with Crippen LogP contribution in [0.2, 0.25) is 5.28 Å². The lowest BCUT2D eigenvalue weighted by Gasteiger charge is -2.36. The number of hydrogen-bond acceptors (Lipinski definition) is 30. The second-order valence-corrected chi connectivity index (χ2v) is 32.9. The monoisotopic (exact) mass is 1670 g/mol. The molecule has 0 saturated carbocycles. The average Bonchev–Trinajstić information content (AvgIpc) is 1.55. The minimum atomic E-state index is -3.07. The summed E-state index contributed by atoms with van der Waals surface area (Å²) in [6, 6.07) is 3.73. The van der Waals surface area contributed by atoms with Crippen molar-refractivity contribution in [3.8, 4) is 11.4 Å². The standard InChI is InChI=1S/C21H32BF2N3O6.C17H22BrF2NO4.C16H25ClN6O3.C16H21F2N9O/c1-18(2,3)30-16(28)27(17(29)31-19(4,5)6)15-25-11-12(13(26-15)14(23)24)22-32-20(7,8)21(9,10)33-22;1-16(2,3)24-14(22)21(15(23)25-17(4,5)6)10-7-8-12(18)11(9-10)13(19)20;1-16(2,3)26-15(24)23-6-4-21(5-7-23)13-18-12(17)19-14(20-13)22-8-10-25-11-9-22;17-12(18)11-10(9-21-14(19)22-11)13-23-15(26-3-1-20-2-4-26)25-16(24-13)27-5-7-28-8-6-27/h11,14H,1-10H3;7-9,13H,1-6H3;4-11H2,1-3H3;9,12,20H,1-8H2,(H2,19,21,22). The Bertz CT molecular complexity index is 3950. The van der Waals surface area contributed by atoms with Crippen LogP contribution in [-0.2, 0) is 42.5 Å². The number of carbonyl (C=O) groups is 5. The second kappa shape index (κ2) is 37.5. The number of imide groups is 2. The number of piperazine rings is 2. The van der Waals surface area contributed by atoms with Gasteiger partial charge in [0, 0.05) is 106 Å². The molecule has 0 spiro atoms. The van der Waals surface area contributed by atoms with E-state index in [-0.39, 0.29) is 49.9 Å². The van der Waals surface area contributed by atoms with E-state index in [1.54, 1.807) is 116 Å². The summed E-state index contributed by atoms with van der Waals surface area (Å²) in [6.45, 7) is 42.4. The van der Waals surface area contributed by atoms with Crippen LogP contribution in [0.15, 0.2) is 35.1 Å². The molecule has 618 valence electrons. The molecule has 0 aliphatic carbocycles. The number of nitrogen functional groups attached to an aromatic ring is 1. The Morgan fingerprint density at radius 2 is 0.938 bits per heavy atom. The first-order chi connectivity index (χ1) is 51.9. The van der Waals surface area contributed by atoms with Crippen LogP contribution >= 0.6 is 27.5 Å². The van der Waals surface area contributed by atoms with Gasteiger partial charge >= 0.3 is 37.6 Å². The summed E-state index contributed by atoms with van der Waals surface area (Å²) < 4.78 is 130. The normalized spacial score (nSPS) is 16.8. The Kier molecular flexibility index (Phi) is 30.4. The topological polar surface area (TPSA) is 358 Å². The maximum absolute atomic E-state index is 14.0. The third-order valence-electron chi connectivity index (χ3n) is 16.2. The maximum Gasteiger partial charge on any atom is 0.498 e. The van der Waals surface area contributed by atoms with Crippen molar-refractivity contribution in [1.29, 1.82) is 0 Å². The van der Waals surface area contributed by atoms with Crippen LogP contribution in [0.25, 0.3) is 11.4 Å². The molecule has 1 aromatic carbocycles. The lowest BCUT2D eigenvalue weighted by molar-refractivity contribution is 0.00578. The molecule has 4 aromatic heterocycles. The fraction of sp³-hybridized carbons (Fsp3) is 0.643. The van der Waals surface area contributed by atoms with Gasteiger partial charge in [0.1, 0.15) is 39.4 Å². The van der Waals surface area contributed by atoms with Crippen LogP contribution < -0.4 is 45.9 Å². The van der Waals surface area contributed by atoms with Crippen molar-refractivity contribution in [2.24, 2.45) is 0 Å². The molecular weight excluding hydrogens is 1570 g/mol. The number of carbonyl (C=O) groups excluding carboxylic acids is 5. The molecule has 3 N–H and O–H groups in total. The third-order valence-corrected chi connectivity index (χ3v) is 17.1. The highest BCUT2D eigenvalue weighted by molar-refractivity contribution is 9.10. The molecule has 9 heterocycles. The van der Waals surface area contributed by atoms with Gasteiger partial charge < -0.3 is 78.0 Å². The number of halogens is 8. The Labute approximate surface area is 660 Å². The maximum atomic E-state index is 14.0. The Morgan fingerprint density at radius 3 is 1.36 bits per heavy atom. The fourth-order valence-electron chi connectivity index (χ4n) is 10.3. The van der Waals surface area contributed by atoms with Crippen molar-refractivity contribution in [2.75, 3.05) is 140 Å². The zero-order valence-corrected chi connectivity index (χ0v) is 68.8. The first-order valence-corrected chi connectivity index (χ1v) is 37.1. The smallest absolute Gasteiger partial charge is 0.444 e. The molecular formula is C70H100BBrClF6N19O14. The van der Waals surface area contributed by atoms with E-state index >= 15 is 0 Å². The van der Waals surface area contributed by atoms with Gasteiger partial charge in [0.05, 0.1) is 48.9 Å². The molecule has 112 heavy (non-hydrogen) atoms. The van der Waals surface area contributed by atoms with Gasteiger partial charge in [0.2, 0.25) is 41.0 Å². The third kappa shape index (κ3) is 26.5. The zero-order chi connectivity index (χ0) is 83.4. The summed E-state index contributed by atoms with van der Waals surface area (Å²) in [6.07, 6.45) is -11.0. The molecule has 0 unspecified atom stereocenters. The molecule has 0 atom stereocenters. The summed E-state index contributed by atoms with van der Waals surface area (Å²) in [4.78, 5) is 115. The molecule has 0 radical (unpaired) electrons. The van der Waals surface area contributed by atoms with E-state index in [0.29, 0.717) is 112 Å². The molecule has 5 fully saturated rings. The SMILES string of the molecule is CC(C)(C)OC(=O)N(C(=O)OC(C)(C)C)c1ccc(Br)c(C(F)F)c1.CC(C)(C)OC(=O)N(C(=O)OC(C)(C)C)c1ncc(B2OC(C)(C)C(C)(C)O2)c(C(F)F)n1.CC(C)(C)OC(=O)N1CCN(c2nc(Cl)nc(N3CCOCC3)n2)CC1.Nc1ncc(-c2nc(N3CCNCC3)nc(N3CCOCC3)n2)c(C(F)F)n1. The second-order valence-electron chi connectivity index (χ2n) is 31.7. The van der Waals surface area contributed by atoms with Crippen molar-refractivity contribution in [3.63, 3.8) is 0 Å². The number of morpholine rings is 2. The number of aromatic nitrogens is 10. The number of rotatable bonds is 11. The Balaban J connectivity index is 0.000000208. The van der Waals surface area contributed by atoms with Crippen molar-refractivity contribution in [3.05, 3.63) is 57.3 Å². The highest BCUT2D eigenvalue weighted by atomic mass is 79.9. The summed E-state index contributed by atoms with van der Waals surface area (Å²) in [5, 5.41) is 3.44. The number of nitrogens with two attached hydrogens (primary N) is 1. The minimum Gasteiger partial charge on any atom is -0.444 e. The predicted octanol–water partition coefficient (Wildman–Crippen LogP) is 12.0. The predicted molar refractivity (Wildman–Crippen MR) is 408 cm³/mol. The van der Waals surface area contributed by atoms with E-state index < -0.39 is 107 Å². The highest BCUT2D eigenvalue weighted by Gasteiger charge is 2.53. The van der Waals surface area contributed by atoms with E-state index in [0.717, 1.165) is 38.4 Å². The lowest BCUT2D eigenvalue weighted by atomic mass is 9.79. The van der Waals surface area contributed by atoms with Gasteiger partial charge in [0.25, 0.3) is 19.3 Å². The van der Waals surface area contributed by atoms with E-state index in [4.69, 9.17) is 59.8 Å². The molecule has 33 nitrogen and oxygen atoms in total. The quantitative estimate of drug-likeness (QED) is 0.0704. The molecule has 5 aromatic rings.